The number of hydrogen-bond acceptors (Lipinski definition) is 4. The summed E-state index contributed by atoms with van der Waals surface area (Å²) in [5, 5.41) is 5.02. The zero-order chi connectivity index (χ0) is 20.9. The van der Waals surface area contributed by atoms with Crippen molar-refractivity contribution >= 4 is 28.8 Å². The van der Waals surface area contributed by atoms with E-state index in [-0.39, 0.29) is 17.9 Å². The van der Waals surface area contributed by atoms with E-state index in [0.717, 1.165) is 21.7 Å². The van der Waals surface area contributed by atoms with E-state index in [1.54, 1.807) is 0 Å². The van der Waals surface area contributed by atoms with Crippen molar-refractivity contribution in [3.8, 4) is 11.1 Å². The van der Waals surface area contributed by atoms with Gasteiger partial charge in [0.05, 0.1) is 10.9 Å². The molecule has 2 amide bonds. The molecule has 2 aromatic carbocycles. The quantitative estimate of drug-likeness (QED) is 0.674. The van der Waals surface area contributed by atoms with Gasteiger partial charge in [-0.2, -0.15) is 0 Å². The smallest absolute Gasteiger partial charge is 0.264 e. The summed E-state index contributed by atoms with van der Waals surface area (Å²) in [6.07, 6.45) is 0. The molecule has 0 spiro atoms. The maximum absolute atomic E-state index is 13.0. The van der Waals surface area contributed by atoms with Gasteiger partial charge in [-0.05, 0) is 30.0 Å². The van der Waals surface area contributed by atoms with Crippen LogP contribution in [0.2, 0.25) is 0 Å². The summed E-state index contributed by atoms with van der Waals surface area (Å²) in [5.41, 5.74) is 2.89. The van der Waals surface area contributed by atoms with Crippen molar-refractivity contribution in [2.75, 3.05) is 31.5 Å². The Morgan fingerprint density at radius 3 is 2.30 bits per heavy atom. The minimum absolute atomic E-state index is 0.0311. The predicted octanol–water partition coefficient (Wildman–Crippen LogP) is 4.20. The number of thiophene rings is 1. The minimum Gasteiger partial charge on any atom is -0.335 e. The highest BCUT2D eigenvalue weighted by Gasteiger charge is 2.28. The number of para-hydroxylation sites is 1. The number of nitrogens with zero attached hydrogens (tertiary/aromatic N) is 2. The van der Waals surface area contributed by atoms with Crippen LogP contribution >= 0.6 is 11.3 Å². The Kier molecular flexibility index (Phi) is 6.26. The van der Waals surface area contributed by atoms with Crippen LogP contribution in [0.3, 0.4) is 0 Å². The molecule has 6 heteroatoms. The van der Waals surface area contributed by atoms with Crippen LogP contribution in [0.1, 0.15) is 16.6 Å². The average Bonchev–Trinajstić information content (AvgIpc) is 3.34. The fraction of sp³-hybridized carbons (Fsp3) is 0.250. The molecule has 1 aliphatic rings. The van der Waals surface area contributed by atoms with Gasteiger partial charge in [-0.25, -0.2) is 0 Å². The molecule has 1 atom stereocenters. The molecular formula is C24H25N3O2S. The van der Waals surface area contributed by atoms with Crippen LogP contribution in [0, 0.1) is 0 Å². The summed E-state index contributed by atoms with van der Waals surface area (Å²) in [4.78, 5) is 30.3. The summed E-state index contributed by atoms with van der Waals surface area (Å²) in [6, 6.07) is 21.4. The summed E-state index contributed by atoms with van der Waals surface area (Å²) >= 11 is 1.47. The highest BCUT2D eigenvalue weighted by Crippen LogP contribution is 2.28. The zero-order valence-corrected chi connectivity index (χ0v) is 17.8. The van der Waals surface area contributed by atoms with E-state index in [0.29, 0.717) is 26.2 Å². The van der Waals surface area contributed by atoms with Gasteiger partial charge in [0.25, 0.3) is 5.91 Å². The molecule has 1 saturated heterocycles. The van der Waals surface area contributed by atoms with Crippen LogP contribution in [-0.2, 0) is 4.79 Å². The molecule has 1 aromatic heterocycles. The molecule has 0 saturated carbocycles. The van der Waals surface area contributed by atoms with Crippen molar-refractivity contribution in [3.63, 3.8) is 0 Å². The molecular weight excluding hydrogens is 394 g/mol. The first kappa shape index (κ1) is 20.3. The van der Waals surface area contributed by atoms with Crippen molar-refractivity contribution in [3.05, 3.63) is 77.0 Å². The van der Waals surface area contributed by atoms with Gasteiger partial charge in [-0.15, -0.1) is 11.3 Å². The first-order valence-corrected chi connectivity index (χ1v) is 11.0. The first-order chi connectivity index (χ1) is 14.6. The Balaban J connectivity index is 1.38. The molecule has 1 N–H and O–H groups in total. The Hall–Kier alpha value is -2.96. The molecule has 0 radical (unpaired) electrons. The van der Waals surface area contributed by atoms with Gasteiger partial charge in [0.1, 0.15) is 0 Å². The number of benzene rings is 2. The van der Waals surface area contributed by atoms with Crippen molar-refractivity contribution in [2.24, 2.45) is 0 Å². The lowest BCUT2D eigenvalue weighted by molar-refractivity contribution is -0.121. The number of rotatable bonds is 5. The van der Waals surface area contributed by atoms with Gasteiger partial charge in [0.15, 0.2) is 0 Å². The number of hydrogen-bond donors (Lipinski definition) is 1. The number of anilines is 1. The van der Waals surface area contributed by atoms with Crippen molar-refractivity contribution in [2.45, 2.75) is 13.0 Å². The highest BCUT2D eigenvalue weighted by atomic mass is 32.1. The van der Waals surface area contributed by atoms with E-state index in [1.807, 2.05) is 83.9 Å². The average molecular weight is 420 g/mol. The van der Waals surface area contributed by atoms with Crippen molar-refractivity contribution in [1.29, 1.82) is 0 Å². The summed E-state index contributed by atoms with van der Waals surface area (Å²) in [5.74, 6) is 0.0509. The highest BCUT2D eigenvalue weighted by molar-refractivity contribution is 7.12. The largest absolute Gasteiger partial charge is 0.335 e. The number of carbonyl (C=O) groups is 2. The van der Waals surface area contributed by atoms with E-state index in [4.69, 9.17) is 0 Å². The fourth-order valence-electron chi connectivity index (χ4n) is 3.73. The van der Waals surface area contributed by atoms with Gasteiger partial charge >= 0.3 is 0 Å². The molecule has 4 rings (SSSR count). The number of carbonyl (C=O) groups excluding carboxylic acids is 2. The molecule has 0 aliphatic carbocycles. The molecule has 5 nitrogen and oxygen atoms in total. The molecule has 3 aromatic rings. The van der Waals surface area contributed by atoms with Gasteiger partial charge in [-0.3, -0.25) is 14.5 Å². The van der Waals surface area contributed by atoms with Gasteiger partial charge < -0.3 is 10.2 Å². The molecule has 1 aliphatic heterocycles. The van der Waals surface area contributed by atoms with E-state index < -0.39 is 0 Å². The van der Waals surface area contributed by atoms with Gasteiger partial charge in [-0.1, -0.05) is 54.6 Å². The Bertz CT molecular complexity index is 996. The van der Waals surface area contributed by atoms with E-state index >= 15 is 0 Å². The summed E-state index contributed by atoms with van der Waals surface area (Å²) in [7, 11) is 0. The third-order valence-corrected chi connectivity index (χ3v) is 6.39. The standard InChI is InChI=1S/C24H25N3O2S/c1-18(26-13-15-27(16-14-26)24(29)22-12-7-17-30-22)23(28)25-21-11-6-5-10-20(21)19-8-3-2-4-9-19/h2-12,17-18H,13-16H2,1H3,(H,25,28)/t18-/m1/s1. The molecule has 2 heterocycles. The Morgan fingerprint density at radius 1 is 0.900 bits per heavy atom. The predicted molar refractivity (Wildman–Crippen MR) is 122 cm³/mol. The van der Waals surface area contributed by atoms with Crippen LogP contribution in [-0.4, -0.2) is 53.8 Å². The van der Waals surface area contributed by atoms with Gasteiger partial charge in [0, 0.05) is 37.4 Å². The van der Waals surface area contributed by atoms with E-state index in [1.165, 1.54) is 11.3 Å². The first-order valence-electron chi connectivity index (χ1n) is 10.2. The van der Waals surface area contributed by atoms with Crippen molar-refractivity contribution in [1.82, 2.24) is 9.80 Å². The number of amides is 2. The Morgan fingerprint density at radius 2 is 1.60 bits per heavy atom. The number of piperazine rings is 1. The number of nitrogens with one attached hydrogen (secondary N) is 1. The summed E-state index contributed by atoms with van der Waals surface area (Å²) in [6.45, 7) is 4.57. The molecule has 30 heavy (non-hydrogen) atoms. The van der Waals surface area contributed by atoms with E-state index in [2.05, 4.69) is 10.2 Å². The molecule has 1 fully saturated rings. The second-order valence-corrected chi connectivity index (χ2v) is 8.33. The normalized spacial score (nSPS) is 15.6. The lowest BCUT2D eigenvalue weighted by Crippen LogP contribution is -2.54. The van der Waals surface area contributed by atoms with Crippen LogP contribution in [0.25, 0.3) is 11.1 Å². The molecule has 0 bridgehead atoms. The van der Waals surface area contributed by atoms with Crippen LogP contribution in [0.5, 0.6) is 0 Å². The zero-order valence-electron chi connectivity index (χ0n) is 17.0. The van der Waals surface area contributed by atoms with Crippen LogP contribution < -0.4 is 5.32 Å². The Labute approximate surface area is 180 Å². The molecule has 154 valence electrons. The topological polar surface area (TPSA) is 52.7 Å². The second kappa shape index (κ2) is 9.24. The van der Waals surface area contributed by atoms with Crippen LogP contribution in [0.4, 0.5) is 5.69 Å². The maximum Gasteiger partial charge on any atom is 0.264 e. The lowest BCUT2D eigenvalue weighted by atomic mass is 10.0. The molecule has 0 unspecified atom stereocenters. The van der Waals surface area contributed by atoms with Crippen LogP contribution in [0.15, 0.2) is 72.1 Å². The fourth-order valence-corrected chi connectivity index (χ4v) is 4.42. The third kappa shape index (κ3) is 4.45. The SMILES string of the molecule is C[C@H](C(=O)Nc1ccccc1-c1ccccc1)N1CCN(C(=O)c2cccs2)CC1. The third-order valence-electron chi connectivity index (χ3n) is 5.53. The summed E-state index contributed by atoms with van der Waals surface area (Å²) < 4.78 is 0. The maximum atomic E-state index is 13.0. The minimum atomic E-state index is -0.271. The van der Waals surface area contributed by atoms with Gasteiger partial charge in [0.2, 0.25) is 5.91 Å². The lowest BCUT2D eigenvalue weighted by Gasteiger charge is -2.37. The second-order valence-electron chi connectivity index (χ2n) is 7.38. The van der Waals surface area contributed by atoms with E-state index in [9.17, 15) is 9.59 Å². The monoisotopic (exact) mass is 419 g/mol. The van der Waals surface area contributed by atoms with Crippen molar-refractivity contribution < 1.29 is 9.59 Å².